The molecule has 0 bridgehead atoms. The van der Waals surface area contributed by atoms with E-state index in [2.05, 4.69) is 34.0 Å². The molecule has 0 spiro atoms. The number of rotatable bonds is 26. The van der Waals surface area contributed by atoms with Crippen molar-refractivity contribution in [3.8, 4) is 32.9 Å². The van der Waals surface area contributed by atoms with Crippen LogP contribution in [0.25, 0.3) is 21.1 Å². The molecule has 6 nitrogen and oxygen atoms in total. The highest BCUT2D eigenvalue weighted by atomic mass is 32.1. The molecule has 0 radical (unpaired) electrons. The van der Waals surface area contributed by atoms with Crippen LogP contribution in [0.15, 0.2) is 24.3 Å². The lowest BCUT2D eigenvalue weighted by Gasteiger charge is -2.07. The molecule has 0 aliphatic carbocycles. The van der Waals surface area contributed by atoms with E-state index in [1.165, 1.54) is 103 Å². The Labute approximate surface area is 273 Å². The van der Waals surface area contributed by atoms with Crippen LogP contribution in [-0.4, -0.2) is 33.4 Å². The molecule has 0 amide bonds. The molecule has 250 valence electrons. The van der Waals surface area contributed by atoms with Gasteiger partial charge in [0, 0.05) is 12.1 Å². The van der Waals surface area contributed by atoms with Crippen molar-refractivity contribution in [3.05, 3.63) is 36.2 Å². The van der Waals surface area contributed by atoms with E-state index in [4.69, 9.17) is 9.47 Å². The van der Waals surface area contributed by atoms with Gasteiger partial charge in [-0.2, -0.15) is 18.7 Å². The molecule has 0 N–H and O–H groups in total. The number of hydrogen-bond acceptors (Lipinski definition) is 7. The Morgan fingerprint density at radius 2 is 0.822 bits per heavy atom. The SMILES string of the molecule is CCCCCCCCCCCCOc1ccc(-c2nnc(-c3ccc(OCCCCCCCCCCCC)nc3F)s2)c(F)n1. The van der Waals surface area contributed by atoms with Crippen LogP contribution in [0, 0.1) is 11.9 Å². The zero-order chi connectivity index (χ0) is 32.0. The second-order valence-electron chi connectivity index (χ2n) is 11.9. The first-order valence-electron chi connectivity index (χ1n) is 17.5. The van der Waals surface area contributed by atoms with Gasteiger partial charge in [-0.3, -0.25) is 0 Å². The lowest BCUT2D eigenvalue weighted by atomic mass is 10.1. The molecule has 0 aliphatic heterocycles. The third kappa shape index (κ3) is 14.5. The van der Waals surface area contributed by atoms with Crippen molar-refractivity contribution < 1.29 is 18.3 Å². The van der Waals surface area contributed by atoms with E-state index in [9.17, 15) is 8.78 Å². The van der Waals surface area contributed by atoms with Gasteiger partial charge in [0.2, 0.25) is 23.7 Å². The van der Waals surface area contributed by atoms with Crippen molar-refractivity contribution in [2.75, 3.05) is 13.2 Å². The third-order valence-electron chi connectivity index (χ3n) is 8.03. The van der Waals surface area contributed by atoms with Gasteiger partial charge in [-0.1, -0.05) is 141 Å². The molecule has 3 rings (SSSR count). The Morgan fingerprint density at radius 3 is 1.16 bits per heavy atom. The summed E-state index contributed by atoms with van der Waals surface area (Å²) < 4.78 is 41.0. The van der Waals surface area contributed by atoms with Gasteiger partial charge in [-0.25, -0.2) is 0 Å². The molecule has 3 heterocycles. The summed E-state index contributed by atoms with van der Waals surface area (Å²) in [4.78, 5) is 7.92. The van der Waals surface area contributed by atoms with Crippen LogP contribution in [0.1, 0.15) is 142 Å². The number of aromatic nitrogens is 4. The van der Waals surface area contributed by atoms with Gasteiger partial charge in [0.15, 0.2) is 10.0 Å². The van der Waals surface area contributed by atoms with Gasteiger partial charge >= 0.3 is 0 Å². The number of hydrogen-bond donors (Lipinski definition) is 0. The monoisotopic (exact) mass is 644 g/mol. The summed E-state index contributed by atoms with van der Waals surface area (Å²) in [6.07, 6.45) is 24.9. The zero-order valence-corrected chi connectivity index (χ0v) is 28.5. The third-order valence-corrected chi connectivity index (χ3v) is 9.02. The molecule has 0 aliphatic rings. The summed E-state index contributed by atoms with van der Waals surface area (Å²) in [6, 6.07) is 6.44. The van der Waals surface area contributed by atoms with Crippen LogP contribution in [0.2, 0.25) is 0 Å². The van der Waals surface area contributed by atoms with Crippen molar-refractivity contribution in [3.63, 3.8) is 0 Å². The summed E-state index contributed by atoms with van der Waals surface area (Å²) in [7, 11) is 0. The average Bonchev–Trinajstić information content (AvgIpc) is 3.52. The molecule has 3 aromatic heterocycles. The molecular weight excluding hydrogens is 590 g/mol. The second-order valence-corrected chi connectivity index (χ2v) is 12.9. The maximum atomic E-state index is 14.8. The van der Waals surface area contributed by atoms with Crippen molar-refractivity contribution >= 4 is 11.3 Å². The molecule has 45 heavy (non-hydrogen) atoms. The first-order valence-corrected chi connectivity index (χ1v) is 18.4. The van der Waals surface area contributed by atoms with Gasteiger partial charge < -0.3 is 9.47 Å². The number of ether oxygens (including phenoxy) is 2. The van der Waals surface area contributed by atoms with Crippen molar-refractivity contribution in [2.24, 2.45) is 0 Å². The Balaban J connectivity index is 1.35. The molecule has 0 unspecified atom stereocenters. The Hall–Kier alpha value is -2.68. The molecule has 0 saturated carbocycles. The first kappa shape index (κ1) is 36.8. The smallest absolute Gasteiger partial charge is 0.226 e. The summed E-state index contributed by atoms with van der Waals surface area (Å²) in [5.74, 6) is -0.874. The van der Waals surface area contributed by atoms with Crippen LogP contribution in [0.3, 0.4) is 0 Å². The first-order chi connectivity index (χ1) is 22.1. The summed E-state index contributed by atoms with van der Waals surface area (Å²) in [6.45, 7) is 5.50. The summed E-state index contributed by atoms with van der Waals surface area (Å²) in [5.41, 5.74) is 0.407. The van der Waals surface area contributed by atoms with E-state index in [-0.39, 0.29) is 22.9 Å². The fourth-order valence-electron chi connectivity index (χ4n) is 5.29. The normalized spacial score (nSPS) is 11.3. The summed E-state index contributed by atoms with van der Waals surface area (Å²) in [5, 5.41) is 8.79. The van der Waals surface area contributed by atoms with Crippen LogP contribution >= 0.6 is 11.3 Å². The van der Waals surface area contributed by atoms with Gasteiger partial charge in [0.1, 0.15) is 0 Å². The Morgan fingerprint density at radius 1 is 0.489 bits per heavy atom. The van der Waals surface area contributed by atoms with Crippen molar-refractivity contribution in [1.29, 1.82) is 0 Å². The van der Waals surface area contributed by atoms with Gasteiger partial charge in [0.05, 0.1) is 24.3 Å². The van der Waals surface area contributed by atoms with E-state index in [0.29, 0.717) is 23.2 Å². The maximum absolute atomic E-state index is 14.8. The molecular formula is C36H54F2N4O2S. The van der Waals surface area contributed by atoms with E-state index >= 15 is 0 Å². The highest BCUT2D eigenvalue weighted by Gasteiger charge is 2.18. The Bertz CT molecular complexity index is 1120. The average molecular weight is 645 g/mol. The molecule has 0 aromatic carbocycles. The van der Waals surface area contributed by atoms with Crippen LogP contribution < -0.4 is 9.47 Å². The van der Waals surface area contributed by atoms with Crippen LogP contribution in [0.5, 0.6) is 11.8 Å². The topological polar surface area (TPSA) is 70.0 Å². The van der Waals surface area contributed by atoms with E-state index in [1.54, 1.807) is 24.3 Å². The minimum Gasteiger partial charge on any atom is -0.478 e. The minimum absolute atomic E-state index is 0.204. The van der Waals surface area contributed by atoms with Crippen molar-refractivity contribution in [1.82, 2.24) is 20.2 Å². The van der Waals surface area contributed by atoms with Crippen molar-refractivity contribution in [2.45, 2.75) is 142 Å². The molecule has 3 aromatic rings. The highest BCUT2D eigenvalue weighted by molar-refractivity contribution is 7.17. The number of halogens is 2. The predicted molar refractivity (Wildman–Crippen MR) is 181 cm³/mol. The highest BCUT2D eigenvalue weighted by Crippen LogP contribution is 2.33. The van der Waals surface area contributed by atoms with Gasteiger partial charge in [-0.15, -0.1) is 10.2 Å². The fourth-order valence-corrected chi connectivity index (χ4v) is 6.16. The summed E-state index contributed by atoms with van der Waals surface area (Å²) >= 11 is 1.09. The quantitative estimate of drug-likeness (QED) is 0.0640. The zero-order valence-electron chi connectivity index (χ0n) is 27.6. The number of pyridine rings is 2. The largest absolute Gasteiger partial charge is 0.478 e. The lowest BCUT2D eigenvalue weighted by molar-refractivity contribution is 0.289. The molecule has 0 saturated heterocycles. The van der Waals surface area contributed by atoms with Gasteiger partial charge in [-0.05, 0) is 25.0 Å². The second kappa shape index (κ2) is 22.8. The minimum atomic E-state index is -0.687. The van der Waals surface area contributed by atoms with E-state index in [1.807, 2.05) is 0 Å². The fraction of sp³-hybridized carbons (Fsp3) is 0.667. The number of nitrogens with zero attached hydrogens (tertiary/aromatic N) is 4. The van der Waals surface area contributed by atoms with Crippen LogP contribution in [-0.2, 0) is 0 Å². The molecule has 0 fully saturated rings. The van der Waals surface area contributed by atoms with E-state index in [0.717, 1.165) is 37.0 Å². The van der Waals surface area contributed by atoms with Crippen LogP contribution in [0.4, 0.5) is 8.78 Å². The predicted octanol–water partition coefficient (Wildman–Crippen LogP) is 11.5. The lowest BCUT2D eigenvalue weighted by Crippen LogP contribution is -2.01. The standard InChI is InChI=1S/C36H54F2N4O2S/c1-3-5-7-9-11-13-15-17-19-21-27-43-31-25-23-29(33(37)39-31)35-41-42-36(45-35)30-24-26-32(40-34(30)38)44-28-22-20-18-16-14-12-10-8-6-4-2/h23-26H,3-22,27-28H2,1-2H3. The molecule has 0 atom stereocenters. The van der Waals surface area contributed by atoms with Gasteiger partial charge in [0.25, 0.3) is 0 Å². The Kier molecular flexibility index (Phi) is 18.6. The molecule has 9 heteroatoms. The van der Waals surface area contributed by atoms with E-state index < -0.39 is 11.9 Å². The number of unbranched alkanes of at least 4 members (excludes halogenated alkanes) is 18. The maximum Gasteiger partial charge on any atom is 0.226 e.